The lowest BCUT2D eigenvalue weighted by Crippen LogP contribution is -2.24. The molecule has 0 spiro atoms. The Labute approximate surface area is 100 Å². The van der Waals surface area contributed by atoms with Gasteiger partial charge in [-0.3, -0.25) is 4.98 Å². The molecule has 2 rings (SSSR count). The molecule has 1 aliphatic rings. The summed E-state index contributed by atoms with van der Waals surface area (Å²) in [5, 5.41) is 12.1. The number of anilines is 1. The Kier molecular flexibility index (Phi) is 3.56. The summed E-state index contributed by atoms with van der Waals surface area (Å²) in [5.74, 6) is 0.157. The Hall–Kier alpha value is -1.65. The molecule has 1 aromatic heterocycles. The van der Waals surface area contributed by atoms with Crippen LogP contribution in [0.3, 0.4) is 0 Å². The maximum atomic E-state index is 10.8. The van der Waals surface area contributed by atoms with Crippen molar-refractivity contribution < 1.29 is 9.90 Å². The number of carbonyl (C=O) groups is 1. The Morgan fingerprint density at radius 3 is 2.82 bits per heavy atom. The van der Waals surface area contributed by atoms with Gasteiger partial charge in [-0.1, -0.05) is 12.8 Å². The standard InChI is InChI=1S/C12H17N3O2/c1-8(9-4-2-3-5-9)14-11-7-13-6-10(15-11)12(16)17/h6-9H,2-5H2,1H3,(H,14,15)(H,16,17). The first-order valence-electron chi connectivity index (χ1n) is 5.98. The lowest BCUT2D eigenvalue weighted by molar-refractivity contribution is 0.0690. The highest BCUT2D eigenvalue weighted by Crippen LogP contribution is 2.28. The number of hydrogen-bond donors (Lipinski definition) is 2. The lowest BCUT2D eigenvalue weighted by atomic mass is 10.00. The van der Waals surface area contributed by atoms with Crippen LogP contribution in [-0.2, 0) is 0 Å². The van der Waals surface area contributed by atoms with Crippen molar-refractivity contribution in [3.63, 3.8) is 0 Å². The van der Waals surface area contributed by atoms with E-state index in [0.29, 0.717) is 17.8 Å². The molecule has 1 aromatic rings. The van der Waals surface area contributed by atoms with E-state index in [1.165, 1.54) is 31.9 Å². The lowest BCUT2D eigenvalue weighted by Gasteiger charge is -2.20. The van der Waals surface area contributed by atoms with Gasteiger partial charge in [-0.15, -0.1) is 0 Å². The average molecular weight is 235 g/mol. The summed E-state index contributed by atoms with van der Waals surface area (Å²) in [5.41, 5.74) is -0.0198. The molecule has 0 saturated heterocycles. The molecule has 2 N–H and O–H groups in total. The number of hydrogen-bond acceptors (Lipinski definition) is 4. The minimum atomic E-state index is -1.05. The van der Waals surface area contributed by atoms with Crippen molar-refractivity contribution in [2.24, 2.45) is 5.92 Å². The molecule has 1 heterocycles. The van der Waals surface area contributed by atoms with Gasteiger partial charge in [0.15, 0.2) is 5.69 Å². The molecule has 0 aromatic carbocycles. The van der Waals surface area contributed by atoms with Gasteiger partial charge in [0.2, 0.25) is 0 Å². The number of nitrogens with one attached hydrogen (secondary N) is 1. The zero-order valence-electron chi connectivity index (χ0n) is 9.89. The molecule has 1 saturated carbocycles. The number of carboxylic acids is 1. The van der Waals surface area contributed by atoms with Crippen molar-refractivity contribution in [2.45, 2.75) is 38.6 Å². The van der Waals surface area contributed by atoms with Crippen LogP contribution < -0.4 is 5.32 Å². The van der Waals surface area contributed by atoms with Crippen molar-refractivity contribution in [3.8, 4) is 0 Å². The number of aromatic carboxylic acids is 1. The molecule has 17 heavy (non-hydrogen) atoms. The topological polar surface area (TPSA) is 75.1 Å². The summed E-state index contributed by atoms with van der Waals surface area (Å²) >= 11 is 0. The highest BCUT2D eigenvalue weighted by molar-refractivity contribution is 5.85. The molecular weight excluding hydrogens is 218 g/mol. The summed E-state index contributed by atoms with van der Waals surface area (Å²) < 4.78 is 0. The molecule has 0 bridgehead atoms. The van der Waals surface area contributed by atoms with Crippen molar-refractivity contribution in [1.82, 2.24) is 9.97 Å². The van der Waals surface area contributed by atoms with Crippen LogP contribution in [0.2, 0.25) is 0 Å². The summed E-state index contributed by atoms with van der Waals surface area (Å²) in [4.78, 5) is 18.7. The molecular formula is C12H17N3O2. The van der Waals surface area contributed by atoms with E-state index < -0.39 is 5.97 Å². The third kappa shape index (κ3) is 2.93. The van der Waals surface area contributed by atoms with Crippen LogP contribution in [0, 0.1) is 5.92 Å². The predicted molar refractivity (Wildman–Crippen MR) is 64.0 cm³/mol. The Morgan fingerprint density at radius 2 is 2.18 bits per heavy atom. The first kappa shape index (κ1) is 11.8. The van der Waals surface area contributed by atoms with Gasteiger partial charge < -0.3 is 10.4 Å². The Bertz CT molecular complexity index is 402. The predicted octanol–water partition coefficient (Wildman–Crippen LogP) is 2.17. The SMILES string of the molecule is CC(Nc1cncc(C(=O)O)n1)C1CCCC1. The molecule has 1 atom stereocenters. The first-order valence-corrected chi connectivity index (χ1v) is 5.98. The zero-order chi connectivity index (χ0) is 12.3. The van der Waals surface area contributed by atoms with Gasteiger partial charge in [0.1, 0.15) is 5.82 Å². The molecule has 5 heteroatoms. The number of rotatable bonds is 4. The largest absolute Gasteiger partial charge is 0.476 e. The van der Waals surface area contributed by atoms with Crippen LogP contribution in [-0.4, -0.2) is 27.1 Å². The van der Waals surface area contributed by atoms with Crippen molar-refractivity contribution in [1.29, 1.82) is 0 Å². The van der Waals surface area contributed by atoms with Gasteiger partial charge in [0, 0.05) is 6.04 Å². The molecule has 5 nitrogen and oxygen atoms in total. The fraction of sp³-hybridized carbons (Fsp3) is 0.583. The van der Waals surface area contributed by atoms with E-state index in [1.807, 2.05) is 0 Å². The van der Waals surface area contributed by atoms with E-state index in [1.54, 1.807) is 6.20 Å². The molecule has 1 fully saturated rings. The van der Waals surface area contributed by atoms with Gasteiger partial charge in [-0.2, -0.15) is 0 Å². The van der Waals surface area contributed by atoms with E-state index in [4.69, 9.17) is 5.11 Å². The van der Waals surface area contributed by atoms with E-state index in [9.17, 15) is 4.79 Å². The zero-order valence-corrected chi connectivity index (χ0v) is 9.89. The molecule has 0 aliphatic heterocycles. The van der Waals surface area contributed by atoms with Gasteiger partial charge >= 0.3 is 5.97 Å². The van der Waals surface area contributed by atoms with Gasteiger partial charge in [0.05, 0.1) is 12.4 Å². The van der Waals surface area contributed by atoms with Crippen molar-refractivity contribution >= 4 is 11.8 Å². The van der Waals surface area contributed by atoms with Gasteiger partial charge in [-0.25, -0.2) is 9.78 Å². The maximum absolute atomic E-state index is 10.8. The smallest absolute Gasteiger partial charge is 0.356 e. The second-order valence-electron chi connectivity index (χ2n) is 4.57. The minimum absolute atomic E-state index is 0.0198. The quantitative estimate of drug-likeness (QED) is 0.836. The van der Waals surface area contributed by atoms with E-state index in [-0.39, 0.29) is 5.69 Å². The van der Waals surface area contributed by atoms with E-state index in [2.05, 4.69) is 22.2 Å². The fourth-order valence-electron chi connectivity index (χ4n) is 2.35. The average Bonchev–Trinajstić information content (AvgIpc) is 2.82. The third-order valence-corrected chi connectivity index (χ3v) is 3.34. The third-order valence-electron chi connectivity index (χ3n) is 3.34. The highest BCUT2D eigenvalue weighted by atomic mass is 16.4. The molecule has 0 amide bonds. The minimum Gasteiger partial charge on any atom is -0.476 e. The second kappa shape index (κ2) is 5.12. The van der Waals surface area contributed by atoms with Crippen LogP contribution in [0.4, 0.5) is 5.82 Å². The molecule has 0 radical (unpaired) electrons. The van der Waals surface area contributed by atoms with Crippen LogP contribution in [0.25, 0.3) is 0 Å². The monoisotopic (exact) mass is 235 g/mol. The van der Waals surface area contributed by atoms with Crippen LogP contribution in [0.1, 0.15) is 43.1 Å². The van der Waals surface area contributed by atoms with E-state index >= 15 is 0 Å². The molecule has 1 aliphatic carbocycles. The summed E-state index contributed by atoms with van der Waals surface area (Å²) in [6, 6.07) is 0.316. The summed E-state index contributed by atoms with van der Waals surface area (Å²) in [6.07, 6.45) is 7.88. The maximum Gasteiger partial charge on any atom is 0.356 e. The number of nitrogens with zero attached hydrogens (tertiary/aromatic N) is 2. The first-order chi connectivity index (χ1) is 8.16. The molecule has 1 unspecified atom stereocenters. The number of aromatic nitrogens is 2. The normalized spacial score (nSPS) is 17.9. The summed E-state index contributed by atoms with van der Waals surface area (Å²) in [7, 11) is 0. The van der Waals surface area contributed by atoms with Crippen LogP contribution in [0.5, 0.6) is 0 Å². The van der Waals surface area contributed by atoms with Crippen LogP contribution >= 0.6 is 0 Å². The fourth-order valence-corrected chi connectivity index (χ4v) is 2.35. The number of carboxylic acid groups (broad SMARTS) is 1. The van der Waals surface area contributed by atoms with Gasteiger partial charge in [-0.05, 0) is 25.7 Å². The van der Waals surface area contributed by atoms with Crippen molar-refractivity contribution in [2.75, 3.05) is 5.32 Å². The summed E-state index contributed by atoms with van der Waals surface area (Å²) in [6.45, 7) is 2.12. The highest BCUT2D eigenvalue weighted by Gasteiger charge is 2.21. The Balaban J connectivity index is 2.02. The van der Waals surface area contributed by atoms with Crippen molar-refractivity contribution in [3.05, 3.63) is 18.1 Å². The Morgan fingerprint density at radius 1 is 1.47 bits per heavy atom. The molecule has 92 valence electrons. The second-order valence-corrected chi connectivity index (χ2v) is 4.57. The van der Waals surface area contributed by atoms with E-state index in [0.717, 1.165) is 0 Å². The van der Waals surface area contributed by atoms with Crippen LogP contribution in [0.15, 0.2) is 12.4 Å². The van der Waals surface area contributed by atoms with Gasteiger partial charge in [0.25, 0.3) is 0 Å².